The van der Waals surface area contributed by atoms with Crippen molar-refractivity contribution in [1.82, 2.24) is 20.8 Å². The summed E-state index contributed by atoms with van der Waals surface area (Å²) in [5, 5.41) is 0. The van der Waals surface area contributed by atoms with Crippen molar-refractivity contribution in [2.24, 2.45) is 0 Å². The fourth-order valence-electron chi connectivity index (χ4n) is 1.36. The SMILES string of the molecule is Cc1ccc(C(=O)NNC(=O)c2ccncc2)nc1. The van der Waals surface area contributed by atoms with Gasteiger partial charge in [0.1, 0.15) is 5.69 Å². The summed E-state index contributed by atoms with van der Waals surface area (Å²) in [6.45, 7) is 1.87. The number of nitrogens with zero attached hydrogens (tertiary/aromatic N) is 2. The third-order valence-corrected chi connectivity index (χ3v) is 2.38. The van der Waals surface area contributed by atoms with Crippen LogP contribution in [0.5, 0.6) is 0 Å². The number of nitrogens with one attached hydrogen (secondary N) is 2. The Kier molecular flexibility index (Phi) is 3.82. The van der Waals surface area contributed by atoms with Gasteiger partial charge in [-0.3, -0.25) is 30.4 Å². The van der Waals surface area contributed by atoms with E-state index >= 15 is 0 Å². The second kappa shape index (κ2) is 5.72. The van der Waals surface area contributed by atoms with Crippen LogP contribution >= 0.6 is 0 Å². The summed E-state index contributed by atoms with van der Waals surface area (Å²) in [5.74, 6) is -0.884. The highest BCUT2D eigenvalue weighted by Crippen LogP contribution is 1.98. The standard InChI is InChI=1S/C13H12N4O2/c1-9-2-3-11(15-8-9)13(19)17-16-12(18)10-4-6-14-7-5-10/h2-8H,1H3,(H,16,18)(H,17,19). The van der Waals surface area contributed by atoms with Crippen LogP contribution in [-0.4, -0.2) is 21.8 Å². The van der Waals surface area contributed by atoms with Crippen LogP contribution in [0.1, 0.15) is 26.4 Å². The van der Waals surface area contributed by atoms with Gasteiger partial charge in [0.15, 0.2) is 0 Å². The smallest absolute Gasteiger partial charge is 0.267 e. The van der Waals surface area contributed by atoms with Gasteiger partial charge in [0, 0.05) is 24.2 Å². The number of carbonyl (C=O) groups is 2. The lowest BCUT2D eigenvalue weighted by Gasteiger charge is -2.06. The second-order valence-corrected chi connectivity index (χ2v) is 3.86. The van der Waals surface area contributed by atoms with E-state index in [0.29, 0.717) is 5.56 Å². The van der Waals surface area contributed by atoms with Gasteiger partial charge in [-0.25, -0.2) is 0 Å². The summed E-state index contributed by atoms with van der Waals surface area (Å²) in [4.78, 5) is 31.1. The number of carbonyl (C=O) groups excluding carboxylic acids is 2. The highest BCUT2D eigenvalue weighted by Gasteiger charge is 2.09. The van der Waals surface area contributed by atoms with E-state index < -0.39 is 11.8 Å². The Balaban J connectivity index is 1.94. The van der Waals surface area contributed by atoms with Gasteiger partial charge in [-0.15, -0.1) is 0 Å². The molecule has 0 fully saturated rings. The first-order valence-electron chi connectivity index (χ1n) is 5.60. The molecule has 0 bridgehead atoms. The number of amides is 2. The lowest BCUT2D eigenvalue weighted by Crippen LogP contribution is -2.41. The monoisotopic (exact) mass is 256 g/mol. The number of hydrogen-bond donors (Lipinski definition) is 2. The Hall–Kier alpha value is -2.76. The number of aromatic nitrogens is 2. The van der Waals surface area contributed by atoms with Crippen LogP contribution in [0, 0.1) is 6.92 Å². The fraction of sp³-hybridized carbons (Fsp3) is 0.0769. The molecular weight excluding hydrogens is 244 g/mol. The molecule has 0 saturated carbocycles. The van der Waals surface area contributed by atoms with Crippen molar-refractivity contribution in [3.63, 3.8) is 0 Å². The maximum absolute atomic E-state index is 11.7. The van der Waals surface area contributed by atoms with Gasteiger partial charge < -0.3 is 0 Å². The van der Waals surface area contributed by atoms with Crippen LogP contribution in [0.25, 0.3) is 0 Å². The zero-order valence-electron chi connectivity index (χ0n) is 10.3. The fourth-order valence-corrected chi connectivity index (χ4v) is 1.36. The average molecular weight is 256 g/mol. The molecule has 2 aromatic rings. The molecule has 0 spiro atoms. The van der Waals surface area contributed by atoms with Crippen LogP contribution in [0.3, 0.4) is 0 Å². The third kappa shape index (κ3) is 3.35. The molecule has 2 amide bonds. The molecule has 2 rings (SSSR count). The largest absolute Gasteiger partial charge is 0.288 e. The zero-order valence-corrected chi connectivity index (χ0v) is 10.3. The van der Waals surface area contributed by atoms with Crippen molar-refractivity contribution in [2.75, 3.05) is 0 Å². The van der Waals surface area contributed by atoms with Crippen LogP contribution < -0.4 is 10.9 Å². The Morgan fingerprint density at radius 1 is 1.00 bits per heavy atom. The van der Waals surface area contributed by atoms with E-state index in [0.717, 1.165) is 5.56 Å². The van der Waals surface area contributed by atoms with E-state index in [4.69, 9.17) is 0 Å². The molecular formula is C13H12N4O2. The molecule has 2 heterocycles. The quantitative estimate of drug-likeness (QED) is 0.780. The van der Waals surface area contributed by atoms with E-state index in [1.165, 1.54) is 12.4 Å². The molecule has 0 aliphatic rings. The molecule has 6 heteroatoms. The average Bonchev–Trinajstić information content (AvgIpc) is 2.46. The first-order valence-corrected chi connectivity index (χ1v) is 5.60. The first kappa shape index (κ1) is 12.7. The molecule has 19 heavy (non-hydrogen) atoms. The summed E-state index contributed by atoms with van der Waals surface area (Å²) in [6, 6.07) is 6.45. The lowest BCUT2D eigenvalue weighted by atomic mass is 10.2. The minimum atomic E-state index is -0.470. The van der Waals surface area contributed by atoms with Crippen LogP contribution in [0.4, 0.5) is 0 Å². The molecule has 0 atom stereocenters. The number of rotatable bonds is 2. The third-order valence-electron chi connectivity index (χ3n) is 2.38. The Bertz CT molecular complexity index is 581. The number of hydrogen-bond acceptors (Lipinski definition) is 4. The summed E-state index contributed by atoms with van der Waals surface area (Å²) in [6.07, 6.45) is 4.58. The van der Waals surface area contributed by atoms with Crippen molar-refractivity contribution >= 4 is 11.8 Å². The minimum absolute atomic E-state index is 0.237. The predicted molar refractivity (Wildman–Crippen MR) is 68.1 cm³/mol. The Morgan fingerprint density at radius 2 is 1.68 bits per heavy atom. The maximum atomic E-state index is 11.7. The van der Waals surface area contributed by atoms with E-state index in [9.17, 15) is 9.59 Å². The summed E-state index contributed by atoms with van der Waals surface area (Å²) in [5.41, 5.74) is 6.20. The molecule has 0 aromatic carbocycles. The van der Waals surface area contributed by atoms with Gasteiger partial charge in [0.05, 0.1) is 0 Å². The molecule has 96 valence electrons. The van der Waals surface area contributed by atoms with Gasteiger partial charge >= 0.3 is 0 Å². The van der Waals surface area contributed by atoms with Gasteiger partial charge in [0.25, 0.3) is 11.8 Å². The van der Waals surface area contributed by atoms with E-state index in [1.807, 2.05) is 6.92 Å². The normalized spacial score (nSPS) is 9.74. The predicted octanol–water partition coefficient (Wildman–Crippen LogP) is 0.860. The van der Waals surface area contributed by atoms with Crippen LogP contribution in [0.15, 0.2) is 42.9 Å². The summed E-state index contributed by atoms with van der Waals surface area (Å²) in [7, 11) is 0. The molecule has 0 saturated heterocycles. The number of hydrazine groups is 1. The van der Waals surface area contributed by atoms with Crippen molar-refractivity contribution in [2.45, 2.75) is 6.92 Å². The Labute approximate surface area is 109 Å². The molecule has 0 radical (unpaired) electrons. The van der Waals surface area contributed by atoms with Crippen molar-refractivity contribution in [3.8, 4) is 0 Å². The topological polar surface area (TPSA) is 84.0 Å². The molecule has 2 aromatic heterocycles. The molecule has 0 unspecified atom stereocenters. The number of pyridine rings is 2. The highest BCUT2D eigenvalue weighted by atomic mass is 16.2. The van der Waals surface area contributed by atoms with E-state index in [-0.39, 0.29) is 5.69 Å². The van der Waals surface area contributed by atoms with Crippen molar-refractivity contribution < 1.29 is 9.59 Å². The van der Waals surface area contributed by atoms with Crippen molar-refractivity contribution in [1.29, 1.82) is 0 Å². The van der Waals surface area contributed by atoms with E-state index in [1.54, 1.807) is 30.5 Å². The van der Waals surface area contributed by atoms with Crippen LogP contribution in [0.2, 0.25) is 0 Å². The summed E-state index contributed by atoms with van der Waals surface area (Å²) < 4.78 is 0. The minimum Gasteiger partial charge on any atom is -0.267 e. The zero-order chi connectivity index (χ0) is 13.7. The molecule has 0 aliphatic carbocycles. The maximum Gasteiger partial charge on any atom is 0.288 e. The highest BCUT2D eigenvalue weighted by molar-refractivity contribution is 5.98. The lowest BCUT2D eigenvalue weighted by molar-refractivity contribution is 0.0844. The Morgan fingerprint density at radius 3 is 2.32 bits per heavy atom. The molecule has 2 N–H and O–H groups in total. The number of aryl methyl sites for hydroxylation is 1. The van der Waals surface area contributed by atoms with Gasteiger partial charge in [-0.1, -0.05) is 6.07 Å². The van der Waals surface area contributed by atoms with Gasteiger partial charge in [-0.05, 0) is 30.7 Å². The van der Waals surface area contributed by atoms with Gasteiger partial charge in [-0.2, -0.15) is 0 Å². The second-order valence-electron chi connectivity index (χ2n) is 3.86. The molecule has 0 aliphatic heterocycles. The van der Waals surface area contributed by atoms with Gasteiger partial charge in [0.2, 0.25) is 0 Å². The molecule has 6 nitrogen and oxygen atoms in total. The first-order chi connectivity index (χ1) is 9.16. The summed E-state index contributed by atoms with van der Waals surface area (Å²) >= 11 is 0. The van der Waals surface area contributed by atoms with Crippen molar-refractivity contribution in [3.05, 3.63) is 59.7 Å². The van der Waals surface area contributed by atoms with E-state index in [2.05, 4.69) is 20.8 Å². The van der Waals surface area contributed by atoms with Crippen LogP contribution in [-0.2, 0) is 0 Å².